The second kappa shape index (κ2) is 12.5. The Morgan fingerprint density at radius 3 is 1.85 bits per heavy atom. The van der Waals surface area contributed by atoms with Crippen molar-refractivity contribution in [3.63, 3.8) is 0 Å². The van der Waals surface area contributed by atoms with Gasteiger partial charge in [-0.2, -0.15) is 0 Å². The second-order valence-corrected chi connectivity index (χ2v) is 22.3. The first-order valence-electron chi connectivity index (χ1n) is 22.6. The molecule has 13 rings (SSSR count). The third-order valence-corrected chi connectivity index (χ3v) is 18.0. The summed E-state index contributed by atoms with van der Waals surface area (Å²) in [5, 5.41) is 0. The molecule has 2 heteroatoms. The number of hydrogen-bond acceptors (Lipinski definition) is 2. The van der Waals surface area contributed by atoms with Crippen molar-refractivity contribution >= 4 is 28.8 Å². The van der Waals surface area contributed by atoms with Crippen molar-refractivity contribution in [1.29, 1.82) is 0 Å². The Labute approximate surface area is 356 Å². The van der Waals surface area contributed by atoms with E-state index in [2.05, 4.69) is 174 Å². The van der Waals surface area contributed by atoms with E-state index in [0.717, 1.165) is 11.8 Å². The molecule has 1 aliphatic heterocycles. The molecule has 4 fully saturated rings. The summed E-state index contributed by atoms with van der Waals surface area (Å²) in [5.74, 6) is 3.13. The van der Waals surface area contributed by atoms with Gasteiger partial charge in [0.1, 0.15) is 0 Å². The van der Waals surface area contributed by atoms with Gasteiger partial charge in [-0.05, 0) is 171 Å². The van der Waals surface area contributed by atoms with Crippen LogP contribution < -0.4 is 4.90 Å². The quantitative estimate of drug-likeness (QED) is 0.175. The minimum atomic E-state index is -0.0813. The standard InChI is InChI=1S/C57H57NS/c1-54(2)26-27-55(3,4)52-46(54)19-13-21-50(52)58(40-22-24-44-43-16-10-11-18-45(43)56(5,6)48(44)33-40)41-23-25-51-49(34-41)57(38-29-35-28-36(31-38)32-39(57)30-35)47-20-12-17-42(53(47)59-51)37-14-8-7-9-15-37/h7-25,33-36,38-39H,26-32H2,1-6H3. The van der Waals surface area contributed by atoms with E-state index in [1.807, 2.05) is 11.8 Å². The molecule has 1 heterocycles. The fraction of sp³-hybridized carbons (Fsp3) is 0.368. The summed E-state index contributed by atoms with van der Waals surface area (Å²) in [7, 11) is 0. The van der Waals surface area contributed by atoms with E-state index in [-0.39, 0.29) is 21.7 Å². The number of benzene rings is 6. The summed E-state index contributed by atoms with van der Waals surface area (Å²) in [6.07, 6.45) is 9.33. The minimum Gasteiger partial charge on any atom is -0.310 e. The average molecular weight is 788 g/mol. The Balaban J connectivity index is 1.11. The first-order chi connectivity index (χ1) is 28.4. The van der Waals surface area contributed by atoms with Gasteiger partial charge in [0.05, 0.1) is 5.69 Å². The van der Waals surface area contributed by atoms with E-state index in [9.17, 15) is 0 Å². The number of rotatable bonds is 4. The van der Waals surface area contributed by atoms with Crippen molar-refractivity contribution in [3.8, 4) is 22.3 Å². The van der Waals surface area contributed by atoms with Crippen LogP contribution in [-0.4, -0.2) is 0 Å². The lowest BCUT2D eigenvalue weighted by molar-refractivity contribution is -0.0443. The molecule has 296 valence electrons. The molecular weight excluding hydrogens is 731 g/mol. The van der Waals surface area contributed by atoms with Crippen molar-refractivity contribution in [3.05, 3.63) is 161 Å². The smallest absolute Gasteiger partial charge is 0.0502 e. The first-order valence-corrected chi connectivity index (χ1v) is 23.5. The van der Waals surface area contributed by atoms with Gasteiger partial charge in [-0.15, -0.1) is 0 Å². The molecule has 59 heavy (non-hydrogen) atoms. The molecule has 1 spiro atoms. The Morgan fingerprint density at radius 1 is 0.492 bits per heavy atom. The maximum Gasteiger partial charge on any atom is 0.0502 e. The lowest BCUT2D eigenvalue weighted by Crippen LogP contribution is -2.57. The first kappa shape index (κ1) is 36.3. The third-order valence-electron chi connectivity index (χ3n) is 16.7. The van der Waals surface area contributed by atoms with Crippen LogP contribution in [0.25, 0.3) is 22.3 Å². The van der Waals surface area contributed by atoms with Crippen LogP contribution in [0.4, 0.5) is 17.1 Å². The van der Waals surface area contributed by atoms with Gasteiger partial charge >= 0.3 is 0 Å². The molecule has 6 aliphatic carbocycles. The molecule has 0 aromatic heterocycles. The van der Waals surface area contributed by atoms with Gasteiger partial charge in [-0.1, -0.05) is 144 Å². The summed E-state index contributed by atoms with van der Waals surface area (Å²) in [6, 6.07) is 50.0. The molecule has 6 aromatic rings. The fourth-order valence-electron chi connectivity index (χ4n) is 14.1. The molecule has 4 bridgehead atoms. The molecule has 6 aromatic carbocycles. The Morgan fingerprint density at radius 2 is 1.08 bits per heavy atom. The van der Waals surface area contributed by atoms with Crippen molar-refractivity contribution in [1.82, 2.24) is 0 Å². The molecule has 0 N–H and O–H groups in total. The van der Waals surface area contributed by atoms with Crippen molar-refractivity contribution < 1.29 is 0 Å². The van der Waals surface area contributed by atoms with E-state index >= 15 is 0 Å². The van der Waals surface area contributed by atoms with E-state index in [4.69, 9.17) is 0 Å². The molecule has 0 amide bonds. The van der Waals surface area contributed by atoms with Crippen LogP contribution in [0.15, 0.2) is 137 Å². The van der Waals surface area contributed by atoms with Gasteiger partial charge in [-0.25, -0.2) is 0 Å². The summed E-state index contributed by atoms with van der Waals surface area (Å²) >= 11 is 2.05. The van der Waals surface area contributed by atoms with E-state index in [1.54, 1.807) is 11.1 Å². The lowest BCUT2D eigenvalue weighted by Gasteiger charge is -2.63. The highest BCUT2D eigenvalue weighted by Crippen LogP contribution is 2.70. The SMILES string of the molecule is CC1(C)CCC(C)(C)c2c(N(c3ccc4c(c3)C(C)(C)c3ccccc3-4)c3ccc4c(c3)C3(c5cccc(-c6ccccc6)c5S4)C4CC5CC(C4)CC3C5)cccc21. The highest BCUT2D eigenvalue weighted by molar-refractivity contribution is 7.99. The van der Waals surface area contributed by atoms with Crippen molar-refractivity contribution in [2.75, 3.05) is 4.90 Å². The molecule has 0 atom stereocenters. The predicted octanol–water partition coefficient (Wildman–Crippen LogP) is 15.7. The maximum atomic E-state index is 2.72. The van der Waals surface area contributed by atoms with Gasteiger partial charge in [-0.3, -0.25) is 0 Å². The normalized spacial score (nSPS) is 26.7. The molecule has 7 aliphatic rings. The Kier molecular flexibility index (Phi) is 7.70. The number of anilines is 3. The Bertz CT molecular complexity index is 2670. The van der Waals surface area contributed by atoms with Gasteiger partial charge in [0.25, 0.3) is 0 Å². The van der Waals surface area contributed by atoms with E-state index < -0.39 is 0 Å². The summed E-state index contributed by atoms with van der Waals surface area (Å²) in [5.41, 5.74) is 18.7. The van der Waals surface area contributed by atoms with E-state index in [1.165, 1.54) is 116 Å². The van der Waals surface area contributed by atoms with Crippen molar-refractivity contribution in [2.24, 2.45) is 23.7 Å². The summed E-state index contributed by atoms with van der Waals surface area (Å²) in [4.78, 5) is 5.68. The topological polar surface area (TPSA) is 3.24 Å². The molecule has 1 nitrogen and oxygen atoms in total. The zero-order valence-corrected chi connectivity index (χ0v) is 36.6. The third kappa shape index (κ3) is 5.05. The lowest BCUT2D eigenvalue weighted by atomic mass is 9.42. The van der Waals surface area contributed by atoms with Gasteiger partial charge in [0, 0.05) is 32.0 Å². The fourth-order valence-corrected chi connectivity index (χ4v) is 15.4. The van der Waals surface area contributed by atoms with Crippen LogP contribution in [0, 0.1) is 23.7 Å². The van der Waals surface area contributed by atoms with Crippen LogP contribution in [-0.2, 0) is 21.7 Å². The zero-order valence-electron chi connectivity index (χ0n) is 35.7. The maximum absolute atomic E-state index is 2.72. The zero-order chi connectivity index (χ0) is 40.1. The van der Waals surface area contributed by atoms with Crippen LogP contribution in [0.2, 0.25) is 0 Å². The number of fused-ring (bicyclic) bond motifs is 6. The van der Waals surface area contributed by atoms with Crippen molar-refractivity contribution in [2.45, 2.75) is 118 Å². The highest BCUT2D eigenvalue weighted by Gasteiger charge is 2.61. The number of nitrogens with zero attached hydrogens (tertiary/aromatic N) is 1. The molecule has 0 unspecified atom stereocenters. The highest BCUT2D eigenvalue weighted by atomic mass is 32.2. The molecule has 4 saturated carbocycles. The van der Waals surface area contributed by atoms with Crippen LogP contribution in [0.5, 0.6) is 0 Å². The van der Waals surface area contributed by atoms with Crippen LogP contribution in [0.1, 0.15) is 120 Å². The monoisotopic (exact) mass is 787 g/mol. The summed E-state index contributed by atoms with van der Waals surface area (Å²) in [6.45, 7) is 14.8. The molecular formula is C57H57NS. The molecule has 0 radical (unpaired) electrons. The predicted molar refractivity (Wildman–Crippen MR) is 248 cm³/mol. The average Bonchev–Trinajstić information content (AvgIpc) is 3.46. The van der Waals surface area contributed by atoms with E-state index in [0.29, 0.717) is 11.8 Å². The number of hydrogen-bond donors (Lipinski definition) is 0. The molecule has 0 saturated heterocycles. The van der Waals surface area contributed by atoms with Gasteiger partial charge < -0.3 is 4.90 Å². The largest absolute Gasteiger partial charge is 0.310 e. The van der Waals surface area contributed by atoms with Crippen LogP contribution >= 0.6 is 11.8 Å². The van der Waals surface area contributed by atoms with Crippen LogP contribution in [0.3, 0.4) is 0 Å². The van der Waals surface area contributed by atoms with Gasteiger partial charge in [0.2, 0.25) is 0 Å². The minimum absolute atomic E-state index is 0.0226. The van der Waals surface area contributed by atoms with Gasteiger partial charge in [0.15, 0.2) is 0 Å². The second-order valence-electron chi connectivity index (χ2n) is 21.2. The summed E-state index contributed by atoms with van der Waals surface area (Å²) < 4.78 is 0. The Hall–Kier alpha value is -4.53.